The fourth-order valence-corrected chi connectivity index (χ4v) is 1.50. The molecule has 1 unspecified atom stereocenters. The Morgan fingerprint density at radius 2 is 2.05 bits per heavy atom. The van der Waals surface area contributed by atoms with Crippen LogP contribution in [0.4, 0.5) is 0 Å². The van der Waals surface area contributed by atoms with Gasteiger partial charge in [-0.25, -0.2) is 4.79 Å². The first-order chi connectivity index (χ1) is 9.65. The lowest BCUT2D eigenvalue weighted by Gasteiger charge is -2.15. The predicted octanol–water partition coefficient (Wildman–Crippen LogP) is 3.46. The number of rotatable bonds is 9. The van der Waals surface area contributed by atoms with Gasteiger partial charge in [-0.3, -0.25) is 0 Å². The Balaban J connectivity index is 2.37. The molecular formula is C16H22O4. The van der Waals surface area contributed by atoms with Crippen LogP contribution < -0.4 is 4.74 Å². The quantitative estimate of drug-likeness (QED) is 0.300. The molecule has 0 bridgehead atoms. The van der Waals surface area contributed by atoms with Crippen LogP contribution in [0.25, 0.3) is 0 Å². The molecule has 0 N–H and O–H groups in total. The third-order valence-corrected chi connectivity index (χ3v) is 2.62. The SMILES string of the molecule is C=CC(=O)OCc1ccc(OC(C)OCCCC)cc1. The highest BCUT2D eigenvalue weighted by molar-refractivity contribution is 5.81. The van der Waals surface area contributed by atoms with Crippen LogP contribution in [0.3, 0.4) is 0 Å². The number of ether oxygens (including phenoxy) is 3. The van der Waals surface area contributed by atoms with Crippen molar-refractivity contribution in [3.8, 4) is 5.75 Å². The van der Waals surface area contributed by atoms with Crippen molar-refractivity contribution >= 4 is 5.97 Å². The average Bonchev–Trinajstić information content (AvgIpc) is 2.46. The number of hydrogen-bond acceptors (Lipinski definition) is 4. The molecule has 4 nitrogen and oxygen atoms in total. The fourth-order valence-electron chi connectivity index (χ4n) is 1.50. The zero-order valence-electron chi connectivity index (χ0n) is 12.1. The topological polar surface area (TPSA) is 44.8 Å². The first-order valence-corrected chi connectivity index (χ1v) is 6.82. The Labute approximate surface area is 120 Å². The molecule has 1 aromatic rings. The van der Waals surface area contributed by atoms with E-state index in [4.69, 9.17) is 14.2 Å². The van der Waals surface area contributed by atoms with Crippen molar-refractivity contribution < 1.29 is 19.0 Å². The number of unbranched alkanes of at least 4 members (excludes halogenated alkanes) is 1. The number of carbonyl (C=O) groups excluding carboxylic acids is 1. The van der Waals surface area contributed by atoms with E-state index in [2.05, 4.69) is 13.5 Å². The summed E-state index contributed by atoms with van der Waals surface area (Å²) in [5.41, 5.74) is 0.895. The molecule has 1 aromatic carbocycles. The molecule has 0 heterocycles. The molecule has 0 aromatic heterocycles. The fraction of sp³-hybridized carbons (Fsp3) is 0.438. The van der Waals surface area contributed by atoms with Crippen LogP contribution in [0.15, 0.2) is 36.9 Å². The summed E-state index contributed by atoms with van der Waals surface area (Å²) < 4.78 is 16.1. The van der Waals surface area contributed by atoms with Crippen LogP contribution in [0.2, 0.25) is 0 Å². The van der Waals surface area contributed by atoms with Crippen molar-refractivity contribution in [2.75, 3.05) is 6.61 Å². The molecule has 0 aliphatic rings. The van der Waals surface area contributed by atoms with E-state index in [1.54, 1.807) is 0 Å². The van der Waals surface area contributed by atoms with Crippen molar-refractivity contribution in [3.63, 3.8) is 0 Å². The molecular weight excluding hydrogens is 256 g/mol. The van der Waals surface area contributed by atoms with Gasteiger partial charge in [0.15, 0.2) is 6.29 Å². The Kier molecular flexibility index (Phi) is 7.43. The van der Waals surface area contributed by atoms with Crippen LogP contribution in [-0.4, -0.2) is 18.9 Å². The summed E-state index contributed by atoms with van der Waals surface area (Å²) in [5.74, 6) is 0.302. The third-order valence-electron chi connectivity index (χ3n) is 2.62. The largest absolute Gasteiger partial charge is 0.465 e. The van der Waals surface area contributed by atoms with Crippen LogP contribution in [0.5, 0.6) is 5.75 Å². The molecule has 0 fully saturated rings. The second-order valence-corrected chi connectivity index (χ2v) is 4.37. The van der Waals surface area contributed by atoms with Gasteiger partial charge in [0.1, 0.15) is 12.4 Å². The highest BCUT2D eigenvalue weighted by Gasteiger charge is 2.04. The predicted molar refractivity (Wildman–Crippen MR) is 77.4 cm³/mol. The van der Waals surface area contributed by atoms with Crippen molar-refractivity contribution in [2.45, 2.75) is 39.6 Å². The normalized spacial score (nSPS) is 11.7. The smallest absolute Gasteiger partial charge is 0.330 e. The Morgan fingerprint density at radius 3 is 2.65 bits per heavy atom. The summed E-state index contributed by atoms with van der Waals surface area (Å²) in [6.07, 6.45) is 3.00. The summed E-state index contributed by atoms with van der Waals surface area (Å²) in [4.78, 5) is 10.9. The maximum Gasteiger partial charge on any atom is 0.330 e. The summed E-state index contributed by atoms with van der Waals surface area (Å²) >= 11 is 0. The van der Waals surface area contributed by atoms with Gasteiger partial charge in [-0.05, 0) is 31.0 Å². The summed E-state index contributed by atoms with van der Waals surface area (Å²) in [7, 11) is 0. The maximum atomic E-state index is 10.9. The molecule has 1 rings (SSSR count). The van der Waals surface area contributed by atoms with E-state index in [1.165, 1.54) is 0 Å². The third kappa shape index (κ3) is 6.38. The molecule has 4 heteroatoms. The van der Waals surface area contributed by atoms with Gasteiger partial charge in [-0.2, -0.15) is 0 Å². The lowest BCUT2D eigenvalue weighted by Crippen LogP contribution is -2.16. The molecule has 0 aliphatic heterocycles. The van der Waals surface area contributed by atoms with E-state index in [0.717, 1.165) is 30.2 Å². The first kappa shape index (κ1) is 16.2. The van der Waals surface area contributed by atoms with Crippen LogP contribution in [0.1, 0.15) is 32.3 Å². The van der Waals surface area contributed by atoms with Gasteiger partial charge >= 0.3 is 5.97 Å². The number of benzene rings is 1. The van der Waals surface area contributed by atoms with E-state index in [0.29, 0.717) is 6.61 Å². The molecule has 0 radical (unpaired) electrons. The van der Waals surface area contributed by atoms with E-state index in [1.807, 2.05) is 31.2 Å². The van der Waals surface area contributed by atoms with E-state index in [9.17, 15) is 4.79 Å². The van der Waals surface area contributed by atoms with Crippen LogP contribution >= 0.6 is 0 Å². The number of carbonyl (C=O) groups is 1. The van der Waals surface area contributed by atoms with E-state index in [-0.39, 0.29) is 12.9 Å². The molecule has 20 heavy (non-hydrogen) atoms. The number of hydrogen-bond donors (Lipinski definition) is 0. The summed E-state index contributed by atoms with van der Waals surface area (Å²) in [5, 5.41) is 0. The van der Waals surface area contributed by atoms with Gasteiger partial charge in [-0.1, -0.05) is 32.1 Å². The highest BCUT2D eigenvalue weighted by atomic mass is 16.7. The molecule has 0 spiro atoms. The average molecular weight is 278 g/mol. The molecule has 0 aliphatic carbocycles. The molecule has 1 atom stereocenters. The van der Waals surface area contributed by atoms with Gasteiger partial charge in [-0.15, -0.1) is 0 Å². The molecule has 0 saturated heterocycles. The first-order valence-electron chi connectivity index (χ1n) is 6.82. The van der Waals surface area contributed by atoms with Crippen molar-refractivity contribution in [2.24, 2.45) is 0 Å². The standard InChI is InChI=1S/C16H22O4/c1-4-6-11-18-13(3)20-15-9-7-14(8-10-15)12-19-16(17)5-2/h5,7-10,13H,2,4,6,11-12H2,1,3H3. The van der Waals surface area contributed by atoms with Crippen molar-refractivity contribution in [1.82, 2.24) is 0 Å². The monoisotopic (exact) mass is 278 g/mol. The van der Waals surface area contributed by atoms with Gasteiger partial charge in [0.2, 0.25) is 0 Å². The summed E-state index contributed by atoms with van der Waals surface area (Å²) in [6, 6.07) is 7.36. The van der Waals surface area contributed by atoms with Crippen molar-refractivity contribution in [1.29, 1.82) is 0 Å². The van der Waals surface area contributed by atoms with Gasteiger partial charge in [0.25, 0.3) is 0 Å². The second kappa shape index (κ2) is 9.15. The molecule has 0 amide bonds. The zero-order chi connectivity index (χ0) is 14.8. The Hall–Kier alpha value is -1.81. The van der Waals surface area contributed by atoms with Crippen LogP contribution in [0, 0.1) is 0 Å². The minimum atomic E-state index is -0.428. The zero-order valence-corrected chi connectivity index (χ0v) is 12.1. The van der Waals surface area contributed by atoms with Crippen LogP contribution in [-0.2, 0) is 20.9 Å². The van der Waals surface area contributed by atoms with Gasteiger partial charge < -0.3 is 14.2 Å². The lowest BCUT2D eigenvalue weighted by atomic mass is 10.2. The minimum Gasteiger partial charge on any atom is -0.465 e. The van der Waals surface area contributed by atoms with Gasteiger partial charge in [0.05, 0.1) is 6.61 Å². The lowest BCUT2D eigenvalue weighted by molar-refractivity contribution is -0.138. The summed E-state index contributed by atoms with van der Waals surface area (Å²) in [6.45, 7) is 8.26. The van der Waals surface area contributed by atoms with Gasteiger partial charge in [0, 0.05) is 6.08 Å². The maximum absolute atomic E-state index is 10.9. The highest BCUT2D eigenvalue weighted by Crippen LogP contribution is 2.15. The van der Waals surface area contributed by atoms with Crippen molar-refractivity contribution in [3.05, 3.63) is 42.5 Å². The molecule has 110 valence electrons. The number of esters is 1. The minimum absolute atomic E-state index is 0.230. The Bertz CT molecular complexity index is 411. The van der Waals surface area contributed by atoms with E-state index >= 15 is 0 Å². The second-order valence-electron chi connectivity index (χ2n) is 4.37. The molecule has 0 saturated carbocycles. The van der Waals surface area contributed by atoms with E-state index < -0.39 is 5.97 Å². The Morgan fingerprint density at radius 1 is 1.35 bits per heavy atom.